The quantitative estimate of drug-likeness (QED) is 0.837. The molecule has 0 bridgehead atoms. The molecule has 17 heavy (non-hydrogen) atoms. The zero-order chi connectivity index (χ0) is 12.1. The molecule has 0 spiro atoms. The van der Waals surface area contributed by atoms with Crippen LogP contribution >= 0.6 is 11.6 Å². The highest BCUT2D eigenvalue weighted by Crippen LogP contribution is 2.09. The first-order chi connectivity index (χ1) is 8.28. The summed E-state index contributed by atoms with van der Waals surface area (Å²) in [5, 5.41) is 5.93. The van der Waals surface area contributed by atoms with Crippen molar-refractivity contribution in [3.63, 3.8) is 0 Å². The van der Waals surface area contributed by atoms with Gasteiger partial charge in [0.1, 0.15) is 6.33 Å². The van der Waals surface area contributed by atoms with E-state index in [1.54, 1.807) is 19.3 Å². The van der Waals surface area contributed by atoms with Gasteiger partial charge in [0.25, 0.3) is 0 Å². The number of hydrogen-bond donors (Lipinski definition) is 2. The minimum atomic E-state index is 0.134. The second kappa shape index (κ2) is 5.35. The van der Waals surface area contributed by atoms with Gasteiger partial charge in [0.05, 0.1) is 12.2 Å². The summed E-state index contributed by atoms with van der Waals surface area (Å²) in [5.41, 5.74) is 0.836. The Morgan fingerprint density at radius 3 is 2.76 bits per heavy atom. The summed E-state index contributed by atoms with van der Waals surface area (Å²) in [6.07, 6.45) is 3.15. The van der Waals surface area contributed by atoms with Crippen LogP contribution in [0.2, 0.25) is 5.28 Å². The van der Waals surface area contributed by atoms with Gasteiger partial charge in [-0.25, -0.2) is 9.97 Å². The molecule has 88 valence electrons. The number of aromatic nitrogens is 5. The van der Waals surface area contributed by atoms with Gasteiger partial charge >= 0.3 is 0 Å². The van der Waals surface area contributed by atoms with Gasteiger partial charge in [-0.3, -0.25) is 0 Å². The molecule has 7 nitrogen and oxygen atoms in total. The Hall–Kier alpha value is -2.02. The average molecular weight is 252 g/mol. The van der Waals surface area contributed by atoms with Crippen LogP contribution in [0.1, 0.15) is 5.69 Å². The van der Waals surface area contributed by atoms with Crippen LogP contribution in [-0.4, -0.2) is 32.0 Å². The summed E-state index contributed by atoms with van der Waals surface area (Å²) < 4.78 is 0. The molecule has 0 aliphatic rings. The molecule has 0 saturated heterocycles. The summed E-state index contributed by atoms with van der Waals surface area (Å²) >= 11 is 5.74. The topological polar surface area (TPSA) is 88.5 Å². The lowest BCUT2D eigenvalue weighted by Gasteiger charge is -2.05. The molecule has 0 fully saturated rings. The van der Waals surface area contributed by atoms with E-state index in [9.17, 15) is 0 Å². The van der Waals surface area contributed by atoms with Crippen molar-refractivity contribution >= 4 is 23.5 Å². The van der Waals surface area contributed by atoms with Gasteiger partial charge < -0.3 is 10.6 Å². The number of halogens is 1. The highest BCUT2D eigenvalue weighted by atomic mass is 35.5. The number of anilines is 2. The second-order valence-corrected chi connectivity index (χ2v) is 3.39. The van der Waals surface area contributed by atoms with Crippen molar-refractivity contribution in [3.05, 3.63) is 29.6 Å². The van der Waals surface area contributed by atoms with Crippen molar-refractivity contribution in [2.45, 2.75) is 6.54 Å². The summed E-state index contributed by atoms with van der Waals surface area (Å²) in [5.74, 6) is 0.808. The molecule has 8 heteroatoms. The first kappa shape index (κ1) is 11.5. The molecule has 0 radical (unpaired) electrons. The highest BCUT2D eigenvalue weighted by molar-refractivity contribution is 6.28. The fourth-order valence-electron chi connectivity index (χ4n) is 1.13. The minimum absolute atomic E-state index is 0.134. The molecule has 0 saturated carbocycles. The average Bonchev–Trinajstić information content (AvgIpc) is 2.37. The van der Waals surface area contributed by atoms with Crippen molar-refractivity contribution < 1.29 is 0 Å². The predicted octanol–water partition coefficient (Wildman–Crippen LogP) is 0.969. The monoisotopic (exact) mass is 251 g/mol. The standard InChI is InChI=1S/C9H10ClN7/c1-11-8-15-7(10)16-9(17-8)13-4-6-2-3-12-5-14-6/h2-3,5H,4H2,1H3,(H2,11,13,15,16,17). The lowest BCUT2D eigenvalue weighted by Crippen LogP contribution is -2.08. The molecule has 0 atom stereocenters. The van der Waals surface area contributed by atoms with E-state index in [1.165, 1.54) is 6.33 Å². The van der Waals surface area contributed by atoms with Crippen LogP contribution in [0.4, 0.5) is 11.9 Å². The zero-order valence-corrected chi connectivity index (χ0v) is 9.81. The smallest absolute Gasteiger partial charge is 0.229 e. The van der Waals surface area contributed by atoms with E-state index in [0.29, 0.717) is 18.4 Å². The number of rotatable bonds is 4. The third-order valence-electron chi connectivity index (χ3n) is 1.90. The Kier molecular flexibility index (Phi) is 3.61. The molecule has 2 N–H and O–H groups in total. The highest BCUT2D eigenvalue weighted by Gasteiger charge is 2.03. The van der Waals surface area contributed by atoms with E-state index in [2.05, 4.69) is 35.6 Å². The molecule has 0 aliphatic heterocycles. The Balaban J connectivity index is 2.06. The molecular weight excluding hydrogens is 242 g/mol. The third-order valence-corrected chi connectivity index (χ3v) is 2.07. The maximum Gasteiger partial charge on any atom is 0.229 e. The lowest BCUT2D eigenvalue weighted by atomic mass is 10.4. The number of nitrogens with one attached hydrogen (secondary N) is 2. The Morgan fingerprint density at radius 1 is 1.24 bits per heavy atom. The molecule has 0 unspecified atom stereocenters. The SMILES string of the molecule is CNc1nc(Cl)nc(NCc2ccncn2)n1. The van der Waals surface area contributed by atoms with Gasteiger partial charge in [-0.1, -0.05) is 0 Å². The van der Waals surface area contributed by atoms with E-state index in [1.807, 2.05) is 0 Å². The Labute approximate surface area is 103 Å². The van der Waals surface area contributed by atoms with Crippen molar-refractivity contribution in [1.82, 2.24) is 24.9 Å². The fraction of sp³-hybridized carbons (Fsp3) is 0.222. The second-order valence-electron chi connectivity index (χ2n) is 3.06. The normalized spacial score (nSPS) is 10.0. The molecule has 2 heterocycles. The summed E-state index contributed by atoms with van der Waals surface area (Å²) in [6, 6.07) is 1.80. The van der Waals surface area contributed by atoms with E-state index in [4.69, 9.17) is 11.6 Å². The molecule has 0 aromatic carbocycles. The molecular formula is C9H10ClN7. The number of nitrogens with zero attached hydrogens (tertiary/aromatic N) is 5. The first-order valence-corrected chi connectivity index (χ1v) is 5.24. The summed E-state index contributed by atoms with van der Waals surface area (Å²) in [4.78, 5) is 19.8. The molecule has 0 aliphatic carbocycles. The molecule has 0 amide bonds. The van der Waals surface area contributed by atoms with Gasteiger partial charge in [0, 0.05) is 13.2 Å². The van der Waals surface area contributed by atoms with E-state index >= 15 is 0 Å². The maximum absolute atomic E-state index is 5.74. The van der Waals surface area contributed by atoms with E-state index in [0.717, 1.165) is 5.69 Å². The molecule has 2 aromatic rings. The minimum Gasteiger partial charge on any atom is -0.357 e. The van der Waals surface area contributed by atoms with Gasteiger partial charge in [-0.2, -0.15) is 15.0 Å². The fourth-order valence-corrected chi connectivity index (χ4v) is 1.29. The van der Waals surface area contributed by atoms with Crippen LogP contribution in [0, 0.1) is 0 Å². The van der Waals surface area contributed by atoms with Crippen LogP contribution in [0.5, 0.6) is 0 Å². The van der Waals surface area contributed by atoms with Crippen molar-refractivity contribution in [1.29, 1.82) is 0 Å². The van der Waals surface area contributed by atoms with Crippen molar-refractivity contribution in [3.8, 4) is 0 Å². The number of hydrogen-bond acceptors (Lipinski definition) is 7. The van der Waals surface area contributed by atoms with Crippen LogP contribution in [-0.2, 0) is 6.54 Å². The summed E-state index contributed by atoms with van der Waals surface area (Å²) in [7, 11) is 1.71. The Morgan fingerprint density at radius 2 is 2.06 bits per heavy atom. The van der Waals surface area contributed by atoms with Crippen LogP contribution in [0.3, 0.4) is 0 Å². The van der Waals surface area contributed by atoms with Crippen molar-refractivity contribution in [2.24, 2.45) is 0 Å². The Bertz CT molecular complexity index is 490. The predicted molar refractivity (Wildman–Crippen MR) is 63.7 cm³/mol. The van der Waals surface area contributed by atoms with E-state index in [-0.39, 0.29) is 5.28 Å². The van der Waals surface area contributed by atoms with Gasteiger partial charge in [-0.15, -0.1) is 0 Å². The maximum atomic E-state index is 5.74. The van der Waals surface area contributed by atoms with Gasteiger partial charge in [-0.05, 0) is 17.7 Å². The van der Waals surface area contributed by atoms with E-state index < -0.39 is 0 Å². The summed E-state index contributed by atoms with van der Waals surface area (Å²) in [6.45, 7) is 0.492. The van der Waals surface area contributed by atoms with Gasteiger partial charge in [0.15, 0.2) is 0 Å². The zero-order valence-electron chi connectivity index (χ0n) is 9.05. The van der Waals surface area contributed by atoms with Crippen LogP contribution < -0.4 is 10.6 Å². The van der Waals surface area contributed by atoms with Crippen LogP contribution in [0.25, 0.3) is 0 Å². The largest absolute Gasteiger partial charge is 0.357 e. The van der Waals surface area contributed by atoms with Crippen LogP contribution in [0.15, 0.2) is 18.6 Å². The van der Waals surface area contributed by atoms with Crippen molar-refractivity contribution in [2.75, 3.05) is 17.7 Å². The molecule has 2 aromatic heterocycles. The molecule has 2 rings (SSSR count). The lowest BCUT2D eigenvalue weighted by molar-refractivity contribution is 0.960. The van der Waals surface area contributed by atoms with Gasteiger partial charge in [0.2, 0.25) is 17.2 Å². The first-order valence-electron chi connectivity index (χ1n) is 4.86. The third kappa shape index (κ3) is 3.22.